The van der Waals surface area contributed by atoms with E-state index < -0.39 is 16.0 Å². The Morgan fingerprint density at radius 2 is 1.62 bits per heavy atom. The zero-order valence-corrected chi connectivity index (χ0v) is 15.4. The van der Waals surface area contributed by atoms with Crippen LogP contribution in [0, 0.1) is 0 Å². The van der Waals surface area contributed by atoms with Crippen molar-refractivity contribution in [2.45, 2.75) is 5.75 Å². The molecule has 0 saturated carbocycles. The number of sulfonamides is 1. The van der Waals surface area contributed by atoms with Gasteiger partial charge in [-0.1, -0.05) is 46.9 Å². The van der Waals surface area contributed by atoms with E-state index in [9.17, 15) is 13.2 Å². The predicted molar refractivity (Wildman–Crippen MR) is 95.5 cm³/mol. The minimum Gasteiger partial charge on any atom is -0.465 e. The van der Waals surface area contributed by atoms with Crippen LogP contribution in [0.15, 0.2) is 36.4 Å². The van der Waals surface area contributed by atoms with Crippen molar-refractivity contribution >= 4 is 56.5 Å². The number of carbonyl (C=O) groups is 1. The van der Waals surface area contributed by atoms with Crippen LogP contribution in [0.5, 0.6) is 0 Å². The third-order valence-electron chi connectivity index (χ3n) is 3.01. The average Bonchev–Trinajstić information content (AvgIpc) is 2.52. The first kappa shape index (κ1) is 18.9. The van der Waals surface area contributed by atoms with Crippen molar-refractivity contribution < 1.29 is 17.9 Å². The van der Waals surface area contributed by atoms with E-state index in [-0.39, 0.29) is 26.5 Å². The maximum absolute atomic E-state index is 12.3. The van der Waals surface area contributed by atoms with Crippen LogP contribution in [0.3, 0.4) is 0 Å². The number of halogens is 3. The number of hydrogen-bond donors (Lipinski definition) is 1. The molecule has 0 aliphatic carbocycles. The number of rotatable bonds is 5. The van der Waals surface area contributed by atoms with Gasteiger partial charge in [0.1, 0.15) is 0 Å². The molecule has 0 bridgehead atoms. The maximum atomic E-state index is 12.3. The highest BCUT2D eigenvalue weighted by atomic mass is 35.5. The van der Waals surface area contributed by atoms with Gasteiger partial charge in [-0.05, 0) is 29.8 Å². The molecule has 0 atom stereocenters. The summed E-state index contributed by atoms with van der Waals surface area (Å²) >= 11 is 17.6. The number of benzene rings is 2. The van der Waals surface area contributed by atoms with Crippen molar-refractivity contribution in [1.82, 2.24) is 0 Å². The summed E-state index contributed by atoms with van der Waals surface area (Å²) in [5.41, 5.74) is 0.961. The highest BCUT2D eigenvalue weighted by Crippen LogP contribution is 2.33. The van der Waals surface area contributed by atoms with E-state index in [0.717, 1.165) is 0 Å². The van der Waals surface area contributed by atoms with Crippen LogP contribution in [-0.2, 0) is 20.5 Å². The highest BCUT2D eigenvalue weighted by Gasteiger charge is 2.16. The van der Waals surface area contributed by atoms with E-state index in [1.165, 1.54) is 43.5 Å². The third-order valence-corrected chi connectivity index (χ3v) is 5.29. The van der Waals surface area contributed by atoms with Gasteiger partial charge in [0.25, 0.3) is 0 Å². The number of methoxy groups -OCH3 is 1. The van der Waals surface area contributed by atoms with Crippen LogP contribution < -0.4 is 4.72 Å². The van der Waals surface area contributed by atoms with Gasteiger partial charge in [-0.15, -0.1) is 0 Å². The fourth-order valence-corrected chi connectivity index (χ4v) is 3.74. The molecule has 0 heterocycles. The minimum absolute atomic E-state index is 0.133. The van der Waals surface area contributed by atoms with Crippen molar-refractivity contribution in [2.75, 3.05) is 11.8 Å². The molecule has 0 radical (unpaired) electrons. The first-order chi connectivity index (χ1) is 11.2. The van der Waals surface area contributed by atoms with Crippen LogP contribution in [0.2, 0.25) is 15.1 Å². The quantitative estimate of drug-likeness (QED) is 0.589. The summed E-state index contributed by atoms with van der Waals surface area (Å²) in [6.45, 7) is 0. The molecule has 0 spiro atoms. The number of hydrogen-bond acceptors (Lipinski definition) is 4. The minimum atomic E-state index is -3.73. The van der Waals surface area contributed by atoms with Crippen molar-refractivity contribution in [1.29, 1.82) is 0 Å². The Labute approximate surface area is 154 Å². The second-order valence-electron chi connectivity index (χ2n) is 4.80. The largest absolute Gasteiger partial charge is 0.465 e. The molecular weight excluding hydrogens is 397 g/mol. The van der Waals surface area contributed by atoms with Gasteiger partial charge in [0, 0.05) is 0 Å². The van der Waals surface area contributed by atoms with Gasteiger partial charge < -0.3 is 4.74 Å². The zero-order chi connectivity index (χ0) is 17.9. The number of esters is 1. The van der Waals surface area contributed by atoms with Crippen LogP contribution in [-0.4, -0.2) is 21.5 Å². The normalized spacial score (nSPS) is 11.2. The monoisotopic (exact) mass is 407 g/mol. The van der Waals surface area contributed by atoms with E-state index in [2.05, 4.69) is 9.46 Å². The van der Waals surface area contributed by atoms with Gasteiger partial charge in [0.2, 0.25) is 10.0 Å². The lowest BCUT2D eigenvalue weighted by Crippen LogP contribution is -2.15. The van der Waals surface area contributed by atoms with E-state index in [0.29, 0.717) is 11.1 Å². The number of nitrogens with one attached hydrogen (secondary N) is 1. The number of anilines is 1. The van der Waals surface area contributed by atoms with Gasteiger partial charge in [0.05, 0.1) is 39.2 Å². The molecule has 2 aromatic rings. The Balaban J connectivity index is 2.17. The summed E-state index contributed by atoms with van der Waals surface area (Å²) in [6, 6.07) is 8.73. The molecule has 0 aliphatic heterocycles. The maximum Gasteiger partial charge on any atom is 0.337 e. The summed E-state index contributed by atoms with van der Waals surface area (Å²) in [4.78, 5) is 11.4. The summed E-state index contributed by atoms with van der Waals surface area (Å²) < 4.78 is 31.5. The summed E-state index contributed by atoms with van der Waals surface area (Å²) in [7, 11) is -2.46. The van der Waals surface area contributed by atoms with Crippen molar-refractivity contribution in [2.24, 2.45) is 0 Å². The molecule has 0 fully saturated rings. The first-order valence-corrected chi connectivity index (χ1v) is 9.33. The van der Waals surface area contributed by atoms with E-state index in [4.69, 9.17) is 34.8 Å². The van der Waals surface area contributed by atoms with Gasteiger partial charge >= 0.3 is 5.97 Å². The van der Waals surface area contributed by atoms with E-state index in [1.54, 1.807) is 0 Å². The molecule has 0 aliphatic rings. The van der Waals surface area contributed by atoms with Crippen molar-refractivity contribution in [3.8, 4) is 0 Å². The van der Waals surface area contributed by atoms with Gasteiger partial charge in [-0.25, -0.2) is 13.2 Å². The van der Waals surface area contributed by atoms with Crippen LogP contribution in [0.25, 0.3) is 0 Å². The molecule has 1 N–H and O–H groups in total. The molecule has 128 valence electrons. The molecule has 0 aromatic heterocycles. The molecule has 9 heteroatoms. The molecule has 2 aromatic carbocycles. The fraction of sp³-hybridized carbons (Fsp3) is 0.133. The fourth-order valence-electron chi connectivity index (χ4n) is 1.88. The predicted octanol–water partition coefficient (Wildman–Crippen LogP) is 4.38. The Kier molecular flexibility index (Phi) is 5.98. The van der Waals surface area contributed by atoms with Gasteiger partial charge in [0.15, 0.2) is 0 Å². The lowest BCUT2D eigenvalue weighted by molar-refractivity contribution is 0.0600. The smallest absolute Gasteiger partial charge is 0.337 e. The third kappa shape index (κ3) is 4.77. The average molecular weight is 409 g/mol. The Bertz CT molecular complexity index is 867. The molecular formula is C15H12Cl3NO4S. The van der Waals surface area contributed by atoms with Crippen molar-refractivity contribution in [3.63, 3.8) is 0 Å². The molecule has 5 nitrogen and oxygen atoms in total. The second kappa shape index (κ2) is 7.61. The molecule has 2 rings (SSSR count). The van der Waals surface area contributed by atoms with E-state index >= 15 is 0 Å². The summed E-state index contributed by atoms with van der Waals surface area (Å²) in [5, 5.41) is 0.540. The lowest BCUT2D eigenvalue weighted by atomic mass is 10.1. The summed E-state index contributed by atoms with van der Waals surface area (Å²) in [5.74, 6) is -0.796. The Hall–Kier alpha value is -1.47. The Morgan fingerprint density at radius 1 is 1.04 bits per heavy atom. The molecule has 24 heavy (non-hydrogen) atoms. The lowest BCUT2D eigenvalue weighted by Gasteiger charge is -2.11. The van der Waals surface area contributed by atoms with E-state index in [1.807, 2.05) is 0 Å². The second-order valence-corrected chi connectivity index (χ2v) is 7.74. The molecule has 0 amide bonds. The topological polar surface area (TPSA) is 72.5 Å². The first-order valence-electron chi connectivity index (χ1n) is 6.54. The standard InChI is InChI=1S/C15H12Cl3NO4S/c1-23-15(20)10-4-2-9(3-5-10)8-24(21,22)19-14-7-12(17)11(16)6-13(14)18/h2-7,19H,8H2,1H3. The van der Waals surface area contributed by atoms with Gasteiger partial charge in [-0.2, -0.15) is 0 Å². The number of carbonyl (C=O) groups excluding carboxylic acids is 1. The van der Waals surface area contributed by atoms with Crippen LogP contribution in [0.1, 0.15) is 15.9 Å². The SMILES string of the molecule is COC(=O)c1ccc(CS(=O)(=O)Nc2cc(Cl)c(Cl)cc2Cl)cc1. The van der Waals surface area contributed by atoms with Crippen LogP contribution in [0.4, 0.5) is 5.69 Å². The molecule has 0 saturated heterocycles. The number of ether oxygens (including phenoxy) is 1. The zero-order valence-electron chi connectivity index (χ0n) is 12.3. The van der Waals surface area contributed by atoms with Crippen molar-refractivity contribution in [3.05, 3.63) is 62.6 Å². The van der Waals surface area contributed by atoms with Crippen LogP contribution >= 0.6 is 34.8 Å². The summed E-state index contributed by atoms with van der Waals surface area (Å²) in [6.07, 6.45) is 0. The Morgan fingerprint density at radius 3 is 2.21 bits per heavy atom. The van der Waals surface area contributed by atoms with Gasteiger partial charge in [-0.3, -0.25) is 4.72 Å². The molecule has 0 unspecified atom stereocenters. The highest BCUT2D eigenvalue weighted by molar-refractivity contribution is 7.91.